The number of ether oxygens (including phenoxy) is 1. The fourth-order valence-corrected chi connectivity index (χ4v) is 5.10. The van der Waals surface area contributed by atoms with Crippen LogP contribution >= 0.6 is 0 Å². The van der Waals surface area contributed by atoms with Crippen LogP contribution in [0.2, 0.25) is 0 Å². The van der Waals surface area contributed by atoms with Crippen LogP contribution in [0.15, 0.2) is 47.0 Å². The molecule has 2 fully saturated rings. The second kappa shape index (κ2) is 11.2. The van der Waals surface area contributed by atoms with E-state index in [0.717, 1.165) is 50.2 Å². The van der Waals surface area contributed by atoms with Crippen molar-refractivity contribution in [2.75, 3.05) is 49.6 Å². The Kier molecular flexibility index (Phi) is 7.75. The average molecular weight is 532 g/mol. The molecule has 0 aliphatic carbocycles. The number of furan rings is 1. The summed E-state index contributed by atoms with van der Waals surface area (Å²) in [6.45, 7) is 4.80. The van der Waals surface area contributed by atoms with Crippen LogP contribution in [-0.4, -0.2) is 60.0 Å². The van der Waals surface area contributed by atoms with E-state index in [4.69, 9.17) is 9.15 Å². The number of nitrogens with one attached hydrogen (secondary N) is 1. The molecule has 3 aromatic rings. The molecule has 5 rings (SSSR count). The molecule has 204 valence electrons. The topological polar surface area (TPSA) is 75.8 Å². The summed E-state index contributed by atoms with van der Waals surface area (Å²) in [5, 5.41) is 7.15. The number of anilines is 2. The number of nitrogens with zero attached hydrogens (tertiary/aromatic N) is 4. The highest BCUT2D eigenvalue weighted by Crippen LogP contribution is 2.36. The summed E-state index contributed by atoms with van der Waals surface area (Å²) in [4.78, 5) is 17.4. The Bertz CT molecular complexity index is 1250. The van der Waals surface area contributed by atoms with Crippen molar-refractivity contribution in [3.8, 4) is 0 Å². The molecular formula is C27H32F3N5O3. The first-order valence-corrected chi connectivity index (χ1v) is 12.9. The fourth-order valence-electron chi connectivity index (χ4n) is 5.10. The number of rotatable bonds is 6. The Balaban J connectivity index is 1.33. The Labute approximate surface area is 219 Å². The molecule has 1 amide bonds. The number of carbonyl (C=O) groups is 1. The van der Waals surface area contributed by atoms with Gasteiger partial charge < -0.3 is 19.4 Å². The van der Waals surface area contributed by atoms with Crippen LogP contribution in [0.3, 0.4) is 0 Å². The smallest absolute Gasteiger partial charge is 0.416 e. The van der Waals surface area contributed by atoms with Crippen molar-refractivity contribution in [2.45, 2.75) is 37.9 Å². The van der Waals surface area contributed by atoms with E-state index in [2.05, 4.69) is 15.3 Å². The molecule has 1 aromatic carbocycles. The summed E-state index contributed by atoms with van der Waals surface area (Å²) in [6.07, 6.45) is -0.190. The lowest BCUT2D eigenvalue weighted by atomic mass is 9.98. The number of hydrogen-bond donors (Lipinski definition) is 1. The van der Waals surface area contributed by atoms with Gasteiger partial charge in [0.15, 0.2) is 5.76 Å². The molecule has 8 nitrogen and oxygen atoms in total. The Morgan fingerprint density at radius 3 is 2.63 bits per heavy atom. The van der Waals surface area contributed by atoms with Crippen molar-refractivity contribution in [1.82, 2.24) is 14.7 Å². The molecule has 0 saturated carbocycles. The largest absolute Gasteiger partial charge is 0.456 e. The van der Waals surface area contributed by atoms with Gasteiger partial charge in [0.05, 0.1) is 22.6 Å². The van der Waals surface area contributed by atoms with Crippen molar-refractivity contribution >= 4 is 17.3 Å². The standard InChI is InChI=1S/C27H32F3N5O3/c1-33-12-7-21(32-33)18-34-10-2-11-35(14-13-34)23-4-3-20(27(28,29)30)17-22(23)31-26(36)25-6-5-24(38-25)19-8-15-37-16-9-19/h3-7,12,17,19H,2,8-11,13-16,18H2,1H3,(H,31,36). The summed E-state index contributed by atoms with van der Waals surface area (Å²) in [7, 11) is 1.88. The highest BCUT2D eigenvalue weighted by molar-refractivity contribution is 6.04. The Morgan fingerprint density at radius 2 is 1.89 bits per heavy atom. The second-order valence-corrected chi connectivity index (χ2v) is 9.87. The predicted molar refractivity (Wildman–Crippen MR) is 136 cm³/mol. The first-order chi connectivity index (χ1) is 18.3. The van der Waals surface area contributed by atoms with Crippen molar-refractivity contribution in [1.29, 1.82) is 0 Å². The maximum absolute atomic E-state index is 13.6. The quantitative estimate of drug-likeness (QED) is 0.488. The number of amides is 1. The molecular weight excluding hydrogens is 499 g/mol. The van der Waals surface area contributed by atoms with E-state index in [0.29, 0.717) is 44.3 Å². The van der Waals surface area contributed by atoms with Gasteiger partial charge in [0, 0.05) is 65.1 Å². The van der Waals surface area contributed by atoms with Crippen molar-refractivity contribution in [2.24, 2.45) is 7.05 Å². The third-order valence-electron chi connectivity index (χ3n) is 7.13. The van der Waals surface area contributed by atoms with E-state index in [9.17, 15) is 18.0 Å². The summed E-state index contributed by atoms with van der Waals surface area (Å²) in [5.74, 6) is 0.367. The molecule has 2 aliphatic rings. The minimum absolute atomic E-state index is 0.0762. The molecule has 2 aliphatic heterocycles. The first kappa shape index (κ1) is 26.3. The third-order valence-corrected chi connectivity index (χ3v) is 7.13. The highest BCUT2D eigenvalue weighted by Gasteiger charge is 2.32. The van der Waals surface area contributed by atoms with Gasteiger partial charge in [-0.2, -0.15) is 18.3 Å². The SMILES string of the molecule is Cn1ccc(CN2CCCN(c3ccc(C(F)(F)F)cc3NC(=O)c3ccc(C4CCOCC4)o3)CC2)n1. The third kappa shape index (κ3) is 6.21. The van der Waals surface area contributed by atoms with Crippen LogP contribution in [0.4, 0.5) is 24.5 Å². The average Bonchev–Trinajstić information content (AvgIpc) is 3.49. The number of halogens is 3. The zero-order valence-electron chi connectivity index (χ0n) is 21.3. The molecule has 0 bridgehead atoms. The lowest BCUT2D eigenvalue weighted by Crippen LogP contribution is -2.31. The van der Waals surface area contributed by atoms with E-state index in [1.165, 1.54) is 6.07 Å². The highest BCUT2D eigenvalue weighted by atomic mass is 19.4. The molecule has 2 aromatic heterocycles. The maximum atomic E-state index is 13.6. The molecule has 0 spiro atoms. The second-order valence-electron chi connectivity index (χ2n) is 9.87. The van der Waals surface area contributed by atoms with Gasteiger partial charge in [-0.1, -0.05) is 0 Å². The van der Waals surface area contributed by atoms with Crippen LogP contribution in [-0.2, 0) is 24.5 Å². The van der Waals surface area contributed by atoms with Crippen molar-refractivity contribution in [3.05, 3.63) is 65.4 Å². The normalized spacial score (nSPS) is 17.9. The van der Waals surface area contributed by atoms with Crippen LogP contribution in [0, 0.1) is 0 Å². The van der Waals surface area contributed by atoms with Crippen LogP contribution < -0.4 is 10.2 Å². The van der Waals surface area contributed by atoms with E-state index < -0.39 is 17.6 Å². The fraction of sp³-hybridized carbons (Fsp3) is 0.481. The van der Waals surface area contributed by atoms with Crippen LogP contribution in [0.25, 0.3) is 0 Å². The molecule has 2 saturated heterocycles. The van der Waals surface area contributed by atoms with Crippen molar-refractivity contribution in [3.63, 3.8) is 0 Å². The molecule has 4 heterocycles. The van der Waals surface area contributed by atoms with E-state index in [1.807, 2.05) is 24.2 Å². The summed E-state index contributed by atoms with van der Waals surface area (Å²) in [6, 6.07) is 8.85. The zero-order valence-corrected chi connectivity index (χ0v) is 21.3. The number of benzene rings is 1. The molecule has 0 radical (unpaired) electrons. The molecule has 11 heteroatoms. The number of aromatic nitrogens is 2. The molecule has 0 unspecified atom stereocenters. The monoisotopic (exact) mass is 531 g/mol. The molecule has 0 atom stereocenters. The van der Waals surface area contributed by atoms with Gasteiger partial charge in [0.1, 0.15) is 5.76 Å². The Morgan fingerprint density at radius 1 is 1.08 bits per heavy atom. The molecule has 1 N–H and O–H groups in total. The number of hydrogen-bond acceptors (Lipinski definition) is 6. The van der Waals surface area contributed by atoms with Crippen molar-refractivity contribution < 1.29 is 27.1 Å². The summed E-state index contributed by atoms with van der Waals surface area (Å²) < 4.78 is 53.7. The first-order valence-electron chi connectivity index (χ1n) is 12.9. The lowest BCUT2D eigenvalue weighted by Gasteiger charge is -2.26. The Hall–Kier alpha value is -3.31. The van der Waals surface area contributed by atoms with Gasteiger partial charge in [-0.25, -0.2) is 0 Å². The number of carbonyl (C=O) groups excluding carboxylic acids is 1. The van der Waals surface area contributed by atoms with Crippen LogP contribution in [0.5, 0.6) is 0 Å². The predicted octanol–water partition coefficient (Wildman–Crippen LogP) is 4.89. The van der Waals surface area contributed by atoms with Gasteiger partial charge in [-0.15, -0.1) is 0 Å². The van der Waals surface area contributed by atoms with Gasteiger partial charge >= 0.3 is 6.18 Å². The van der Waals surface area contributed by atoms with E-state index in [1.54, 1.807) is 16.8 Å². The number of alkyl halides is 3. The van der Waals surface area contributed by atoms with E-state index in [-0.39, 0.29) is 17.4 Å². The maximum Gasteiger partial charge on any atom is 0.416 e. The zero-order chi connectivity index (χ0) is 26.7. The van der Waals surface area contributed by atoms with Gasteiger partial charge in [0.25, 0.3) is 5.91 Å². The summed E-state index contributed by atoms with van der Waals surface area (Å²) >= 11 is 0. The van der Waals surface area contributed by atoms with E-state index >= 15 is 0 Å². The summed E-state index contributed by atoms with van der Waals surface area (Å²) in [5.41, 5.74) is 0.835. The van der Waals surface area contributed by atoms with Gasteiger partial charge in [0.2, 0.25) is 0 Å². The van der Waals surface area contributed by atoms with Crippen LogP contribution in [0.1, 0.15) is 52.8 Å². The van der Waals surface area contributed by atoms with Gasteiger partial charge in [-0.05, 0) is 55.7 Å². The minimum atomic E-state index is -4.53. The molecule has 38 heavy (non-hydrogen) atoms. The van der Waals surface area contributed by atoms with Gasteiger partial charge in [-0.3, -0.25) is 14.4 Å². The number of aryl methyl sites for hydroxylation is 1. The minimum Gasteiger partial charge on any atom is -0.456 e. The lowest BCUT2D eigenvalue weighted by molar-refractivity contribution is -0.137.